The molecule has 0 spiro atoms. The van der Waals surface area contributed by atoms with Gasteiger partial charge in [0, 0.05) is 10.0 Å². The number of carbonyl (C=O) groups excluding carboxylic acids is 1. The Hall–Kier alpha value is -2.22. The van der Waals surface area contributed by atoms with E-state index in [9.17, 15) is 10.1 Å². The third-order valence-corrected chi connectivity index (χ3v) is 4.57. The maximum Gasteiger partial charge on any atom is 0.225 e. The lowest BCUT2D eigenvalue weighted by atomic mass is 9.88. The molecule has 1 amide bonds. The molecule has 0 saturated heterocycles. The summed E-state index contributed by atoms with van der Waals surface area (Å²) in [5, 5.41) is 13.7. The molecule has 0 fully saturated rings. The summed E-state index contributed by atoms with van der Waals surface area (Å²) < 4.78 is 5.73. The van der Waals surface area contributed by atoms with Gasteiger partial charge in [0.15, 0.2) is 5.54 Å². The number of carbonyl (C=O) groups is 1. The van der Waals surface area contributed by atoms with Crippen molar-refractivity contribution in [1.29, 1.82) is 5.26 Å². The Balaban J connectivity index is 2.08. The summed E-state index contributed by atoms with van der Waals surface area (Å²) in [6.07, 6.45) is 0.137. The molecule has 26 heavy (non-hydrogen) atoms. The van der Waals surface area contributed by atoms with Gasteiger partial charge in [0.1, 0.15) is 12.4 Å². The van der Waals surface area contributed by atoms with Gasteiger partial charge in [0.25, 0.3) is 0 Å². The standard InChI is InChI=1S/C20H20Cl2N2O2/c1-14(2)20(12-23,13-26-18-8-6-16(21)7-9-18)24-19(25)11-15-4-3-5-17(22)10-15/h3-10,14H,11,13H2,1-2H3,(H,24,25). The number of hydrogen-bond acceptors (Lipinski definition) is 3. The lowest BCUT2D eigenvalue weighted by Crippen LogP contribution is -2.55. The zero-order chi connectivity index (χ0) is 19.2. The molecule has 0 aliphatic carbocycles. The predicted octanol–water partition coefficient (Wildman–Crippen LogP) is 4.65. The molecule has 1 N–H and O–H groups in total. The van der Waals surface area contributed by atoms with E-state index in [1.807, 2.05) is 19.9 Å². The van der Waals surface area contributed by atoms with Gasteiger partial charge < -0.3 is 10.1 Å². The first-order valence-corrected chi connectivity index (χ1v) is 8.95. The molecule has 0 aromatic heterocycles. The summed E-state index contributed by atoms with van der Waals surface area (Å²) in [4.78, 5) is 12.5. The van der Waals surface area contributed by atoms with E-state index in [1.165, 1.54) is 0 Å². The maximum absolute atomic E-state index is 12.5. The van der Waals surface area contributed by atoms with Crippen molar-refractivity contribution in [2.75, 3.05) is 6.61 Å². The van der Waals surface area contributed by atoms with Gasteiger partial charge in [-0.15, -0.1) is 0 Å². The van der Waals surface area contributed by atoms with Gasteiger partial charge in [-0.1, -0.05) is 49.2 Å². The van der Waals surface area contributed by atoms with E-state index in [4.69, 9.17) is 27.9 Å². The van der Waals surface area contributed by atoms with Crippen molar-refractivity contribution in [3.8, 4) is 11.8 Å². The van der Waals surface area contributed by atoms with Gasteiger partial charge in [-0.05, 0) is 47.9 Å². The van der Waals surface area contributed by atoms with Crippen LogP contribution in [0, 0.1) is 17.2 Å². The Bertz CT molecular complexity index is 800. The van der Waals surface area contributed by atoms with E-state index >= 15 is 0 Å². The fraction of sp³-hybridized carbons (Fsp3) is 0.300. The normalized spacial score (nSPS) is 12.9. The van der Waals surface area contributed by atoms with E-state index < -0.39 is 5.54 Å². The molecule has 1 atom stereocenters. The van der Waals surface area contributed by atoms with Gasteiger partial charge in [-0.3, -0.25) is 4.79 Å². The van der Waals surface area contributed by atoms with Gasteiger partial charge in [-0.2, -0.15) is 5.26 Å². The number of ether oxygens (including phenoxy) is 1. The molecule has 0 saturated carbocycles. The predicted molar refractivity (Wildman–Crippen MR) is 103 cm³/mol. The average Bonchev–Trinajstić information content (AvgIpc) is 2.59. The minimum atomic E-state index is -1.14. The highest BCUT2D eigenvalue weighted by Crippen LogP contribution is 2.21. The number of nitriles is 1. The van der Waals surface area contributed by atoms with Crippen LogP contribution >= 0.6 is 23.2 Å². The van der Waals surface area contributed by atoms with Crippen LogP contribution < -0.4 is 10.1 Å². The first kappa shape index (κ1) is 20.1. The van der Waals surface area contributed by atoms with Gasteiger partial charge >= 0.3 is 0 Å². The highest BCUT2D eigenvalue weighted by atomic mass is 35.5. The number of halogens is 2. The summed E-state index contributed by atoms with van der Waals surface area (Å²) in [6, 6.07) is 16.2. The molecule has 0 heterocycles. The van der Waals surface area contributed by atoms with Crippen molar-refractivity contribution >= 4 is 29.1 Å². The van der Waals surface area contributed by atoms with Crippen molar-refractivity contribution in [2.24, 2.45) is 5.92 Å². The molecule has 2 aromatic rings. The number of nitrogens with one attached hydrogen (secondary N) is 1. The van der Waals surface area contributed by atoms with E-state index in [-0.39, 0.29) is 24.9 Å². The minimum Gasteiger partial charge on any atom is -0.490 e. The summed E-state index contributed by atoms with van der Waals surface area (Å²) in [5.74, 6) is 0.170. The van der Waals surface area contributed by atoms with Crippen molar-refractivity contribution in [3.63, 3.8) is 0 Å². The van der Waals surface area contributed by atoms with Crippen LogP contribution in [0.25, 0.3) is 0 Å². The van der Waals surface area contributed by atoms with Crippen LogP contribution in [0.5, 0.6) is 5.75 Å². The molecule has 2 aromatic carbocycles. The van der Waals surface area contributed by atoms with Crippen LogP contribution in [-0.2, 0) is 11.2 Å². The van der Waals surface area contributed by atoms with Crippen LogP contribution in [-0.4, -0.2) is 18.1 Å². The maximum atomic E-state index is 12.5. The second-order valence-corrected chi connectivity index (χ2v) is 7.21. The molecule has 2 rings (SSSR count). The Morgan fingerprint density at radius 3 is 2.46 bits per heavy atom. The SMILES string of the molecule is CC(C)C(C#N)(COc1ccc(Cl)cc1)NC(=O)Cc1cccc(Cl)c1. The summed E-state index contributed by atoms with van der Waals surface area (Å²) >= 11 is 11.8. The molecule has 0 bridgehead atoms. The summed E-state index contributed by atoms with van der Waals surface area (Å²) in [7, 11) is 0. The zero-order valence-electron chi connectivity index (χ0n) is 14.6. The second kappa shape index (κ2) is 8.93. The monoisotopic (exact) mass is 390 g/mol. The largest absolute Gasteiger partial charge is 0.490 e. The number of benzene rings is 2. The highest BCUT2D eigenvalue weighted by Gasteiger charge is 2.37. The van der Waals surface area contributed by atoms with E-state index in [2.05, 4.69) is 11.4 Å². The molecule has 136 valence electrons. The third kappa shape index (κ3) is 5.39. The van der Waals surface area contributed by atoms with Crippen LogP contribution in [0.4, 0.5) is 0 Å². The lowest BCUT2D eigenvalue weighted by Gasteiger charge is -2.31. The molecule has 0 aliphatic rings. The van der Waals surface area contributed by atoms with Crippen molar-refractivity contribution in [2.45, 2.75) is 25.8 Å². The van der Waals surface area contributed by atoms with E-state index in [0.29, 0.717) is 15.8 Å². The van der Waals surface area contributed by atoms with Gasteiger partial charge in [0.05, 0.1) is 12.5 Å². The van der Waals surface area contributed by atoms with Crippen molar-refractivity contribution in [1.82, 2.24) is 5.32 Å². The second-order valence-electron chi connectivity index (χ2n) is 6.34. The quantitative estimate of drug-likeness (QED) is 0.748. The van der Waals surface area contributed by atoms with Crippen LogP contribution in [0.2, 0.25) is 10.0 Å². The Morgan fingerprint density at radius 1 is 1.19 bits per heavy atom. The lowest BCUT2D eigenvalue weighted by molar-refractivity contribution is -0.122. The van der Waals surface area contributed by atoms with Gasteiger partial charge in [-0.25, -0.2) is 0 Å². The molecular weight excluding hydrogens is 371 g/mol. The topological polar surface area (TPSA) is 62.1 Å². The molecule has 1 unspecified atom stereocenters. The average molecular weight is 391 g/mol. The molecule has 0 radical (unpaired) electrons. The molecule has 4 nitrogen and oxygen atoms in total. The third-order valence-electron chi connectivity index (χ3n) is 4.08. The highest BCUT2D eigenvalue weighted by molar-refractivity contribution is 6.30. The molecular formula is C20H20Cl2N2O2. The Kier molecular flexibility index (Phi) is 6.90. The zero-order valence-corrected chi connectivity index (χ0v) is 16.1. The van der Waals surface area contributed by atoms with Crippen LogP contribution in [0.1, 0.15) is 19.4 Å². The first-order chi connectivity index (χ1) is 12.3. The van der Waals surface area contributed by atoms with Gasteiger partial charge in [0.2, 0.25) is 5.91 Å². The fourth-order valence-electron chi connectivity index (χ4n) is 2.39. The number of amides is 1. The first-order valence-electron chi connectivity index (χ1n) is 8.20. The summed E-state index contributed by atoms with van der Waals surface area (Å²) in [6.45, 7) is 3.77. The van der Waals surface area contributed by atoms with E-state index in [1.54, 1.807) is 42.5 Å². The smallest absolute Gasteiger partial charge is 0.225 e. The van der Waals surface area contributed by atoms with Crippen LogP contribution in [0.3, 0.4) is 0 Å². The fourth-order valence-corrected chi connectivity index (χ4v) is 2.73. The number of nitrogens with zero attached hydrogens (tertiary/aromatic N) is 1. The van der Waals surface area contributed by atoms with Crippen LogP contribution in [0.15, 0.2) is 48.5 Å². The molecule has 0 aliphatic heterocycles. The Morgan fingerprint density at radius 2 is 1.88 bits per heavy atom. The minimum absolute atomic E-state index is 0.0318. The number of rotatable bonds is 7. The number of hydrogen-bond donors (Lipinski definition) is 1. The van der Waals surface area contributed by atoms with E-state index in [0.717, 1.165) is 5.56 Å². The van der Waals surface area contributed by atoms with Crippen molar-refractivity contribution < 1.29 is 9.53 Å². The summed E-state index contributed by atoms with van der Waals surface area (Å²) in [5.41, 5.74) is -0.362. The van der Waals surface area contributed by atoms with Crippen molar-refractivity contribution in [3.05, 3.63) is 64.1 Å². The molecule has 6 heteroatoms. The Labute approximate surface area is 163 Å².